The first-order valence-corrected chi connectivity index (χ1v) is 8.48. The Morgan fingerprint density at radius 2 is 1.50 bits per heavy atom. The minimum absolute atomic E-state index is 0.0459. The van der Waals surface area contributed by atoms with Crippen LogP contribution in [0.2, 0.25) is 6.04 Å². The predicted octanol–water partition coefficient (Wildman–Crippen LogP) is 3.19. The molecule has 3 nitrogen and oxygen atoms in total. The van der Waals surface area contributed by atoms with Gasteiger partial charge in [-0.2, -0.15) is 0 Å². The Labute approximate surface area is 102 Å². The molecule has 1 N–H and O–H groups in total. The fourth-order valence-electron chi connectivity index (χ4n) is 1.77. The van der Waals surface area contributed by atoms with Gasteiger partial charge in [-0.1, -0.05) is 19.8 Å². The lowest BCUT2D eigenvalue weighted by atomic mass is 10.1. The Kier molecular flexibility index (Phi) is 7.47. The highest BCUT2D eigenvalue weighted by molar-refractivity contribution is 6.65. The van der Waals surface area contributed by atoms with Crippen LogP contribution in [0.5, 0.6) is 0 Å². The second-order valence-electron chi connectivity index (χ2n) is 5.10. The molecular formula is C12H29NO2Si. The van der Waals surface area contributed by atoms with E-state index in [1.807, 2.05) is 13.8 Å². The lowest BCUT2D eigenvalue weighted by Gasteiger charge is -2.36. The first kappa shape index (κ1) is 16.1. The molecule has 0 fully saturated rings. The van der Waals surface area contributed by atoms with E-state index in [1.54, 1.807) is 0 Å². The molecule has 0 atom stereocenters. The summed E-state index contributed by atoms with van der Waals surface area (Å²) in [5.41, 5.74) is 0.0459. The third-order valence-corrected chi connectivity index (χ3v) is 5.83. The predicted molar refractivity (Wildman–Crippen MR) is 71.6 cm³/mol. The third kappa shape index (κ3) is 6.63. The van der Waals surface area contributed by atoms with E-state index in [4.69, 9.17) is 8.85 Å². The second kappa shape index (κ2) is 7.43. The molecule has 0 heterocycles. The molecule has 0 aliphatic carbocycles. The van der Waals surface area contributed by atoms with Crippen LogP contribution in [0.25, 0.3) is 0 Å². The number of unbranched alkanes of at least 4 members (excludes halogenated alkanes) is 1. The summed E-state index contributed by atoms with van der Waals surface area (Å²) >= 11 is 0. The molecule has 0 bridgehead atoms. The molecule has 0 rings (SSSR count). The molecule has 0 aliphatic heterocycles. The molecule has 0 radical (unpaired) electrons. The monoisotopic (exact) mass is 247 g/mol. The average Bonchev–Trinajstić information content (AvgIpc) is 2.13. The SMILES string of the molecule is CCCC[Si](NC(C)(C)C)(OCC)OCC. The van der Waals surface area contributed by atoms with Crippen LogP contribution >= 0.6 is 0 Å². The fourth-order valence-corrected chi connectivity index (χ4v) is 5.30. The van der Waals surface area contributed by atoms with Gasteiger partial charge in [-0.15, -0.1) is 0 Å². The van der Waals surface area contributed by atoms with Gasteiger partial charge in [0.15, 0.2) is 0 Å². The van der Waals surface area contributed by atoms with Gasteiger partial charge in [0.25, 0.3) is 0 Å². The van der Waals surface area contributed by atoms with E-state index < -0.39 is 8.72 Å². The first-order chi connectivity index (χ1) is 7.39. The molecule has 4 heteroatoms. The number of hydrogen-bond acceptors (Lipinski definition) is 3. The highest BCUT2D eigenvalue weighted by Crippen LogP contribution is 2.18. The Balaban J connectivity index is 4.62. The lowest BCUT2D eigenvalue weighted by molar-refractivity contribution is 0.159. The molecule has 0 amide bonds. The number of rotatable bonds is 8. The van der Waals surface area contributed by atoms with E-state index in [-0.39, 0.29) is 5.54 Å². The maximum atomic E-state index is 5.95. The van der Waals surface area contributed by atoms with E-state index >= 15 is 0 Å². The molecule has 98 valence electrons. The van der Waals surface area contributed by atoms with Crippen LogP contribution < -0.4 is 4.98 Å². The Morgan fingerprint density at radius 1 is 1.00 bits per heavy atom. The van der Waals surface area contributed by atoms with Gasteiger partial charge in [0.1, 0.15) is 0 Å². The van der Waals surface area contributed by atoms with Crippen LogP contribution in [-0.4, -0.2) is 27.5 Å². The summed E-state index contributed by atoms with van der Waals surface area (Å²) in [5, 5.41) is 0. The molecule has 0 unspecified atom stereocenters. The van der Waals surface area contributed by atoms with E-state index in [1.165, 1.54) is 6.42 Å². The first-order valence-electron chi connectivity index (χ1n) is 6.46. The van der Waals surface area contributed by atoms with Crippen LogP contribution in [0, 0.1) is 0 Å². The van der Waals surface area contributed by atoms with Crippen molar-refractivity contribution in [1.29, 1.82) is 0 Å². The van der Waals surface area contributed by atoms with Crippen LogP contribution in [0.3, 0.4) is 0 Å². The summed E-state index contributed by atoms with van der Waals surface area (Å²) in [5.74, 6) is 0. The van der Waals surface area contributed by atoms with Crippen molar-refractivity contribution >= 4 is 8.72 Å². The van der Waals surface area contributed by atoms with Crippen molar-refractivity contribution in [2.24, 2.45) is 0 Å². The minimum Gasteiger partial charge on any atom is -0.383 e. The van der Waals surface area contributed by atoms with Gasteiger partial charge in [0, 0.05) is 24.8 Å². The summed E-state index contributed by atoms with van der Waals surface area (Å²) in [6.07, 6.45) is 2.34. The van der Waals surface area contributed by atoms with Gasteiger partial charge in [-0.3, -0.25) is 4.98 Å². The van der Waals surface area contributed by atoms with Crippen LogP contribution in [0.1, 0.15) is 54.4 Å². The van der Waals surface area contributed by atoms with Gasteiger partial charge in [-0.05, 0) is 34.6 Å². The van der Waals surface area contributed by atoms with Gasteiger partial charge < -0.3 is 8.85 Å². The standard InChI is InChI=1S/C12H29NO2Si/c1-7-10-11-16(14-8-2,15-9-3)13-12(4,5)6/h13H,7-11H2,1-6H3. The quantitative estimate of drug-likeness (QED) is 0.668. The van der Waals surface area contributed by atoms with Crippen molar-refractivity contribution < 1.29 is 8.85 Å². The molecule has 0 saturated carbocycles. The molecule has 0 aromatic rings. The van der Waals surface area contributed by atoms with E-state index in [9.17, 15) is 0 Å². The second-order valence-corrected chi connectivity index (χ2v) is 7.93. The minimum atomic E-state index is -2.20. The van der Waals surface area contributed by atoms with Crippen molar-refractivity contribution in [2.75, 3.05) is 13.2 Å². The smallest absolute Gasteiger partial charge is 0.383 e. The Hall–Kier alpha value is 0.0969. The molecular weight excluding hydrogens is 218 g/mol. The summed E-state index contributed by atoms with van der Waals surface area (Å²) in [6.45, 7) is 14.2. The Bertz CT molecular complexity index is 174. The van der Waals surface area contributed by atoms with Gasteiger partial charge in [0.2, 0.25) is 0 Å². The van der Waals surface area contributed by atoms with Gasteiger partial charge in [-0.25, -0.2) is 0 Å². The largest absolute Gasteiger partial charge is 0.425 e. The van der Waals surface area contributed by atoms with Gasteiger partial charge in [0.05, 0.1) is 0 Å². The topological polar surface area (TPSA) is 30.5 Å². The summed E-state index contributed by atoms with van der Waals surface area (Å²) in [4.78, 5) is 3.60. The normalized spacial score (nSPS) is 13.1. The van der Waals surface area contributed by atoms with E-state index in [0.29, 0.717) is 0 Å². The van der Waals surface area contributed by atoms with Crippen molar-refractivity contribution in [3.63, 3.8) is 0 Å². The van der Waals surface area contributed by atoms with Gasteiger partial charge >= 0.3 is 8.72 Å². The van der Waals surface area contributed by atoms with E-state index in [0.717, 1.165) is 25.7 Å². The maximum Gasteiger partial charge on any atom is 0.425 e. The molecule has 0 saturated heterocycles. The zero-order valence-corrected chi connectivity index (χ0v) is 12.9. The van der Waals surface area contributed by atoms with Crippen molar-refractivity contribution in [1.82, 2.24) is 4.98 Å². The number of nitrogens with one attached hydrogen (secondary N) is 1. The molecule has 16 heavy (non-hydrogen) atoms. The zero-order chi connectivity index (χ0) is 12.7. The van der Waals surface area contributed by atoms with E-state index in [2.05, 4.69) is 32.7 Å². The maximum absolute atomic E-state index is 5.95. The third-order valence-electron chi connectivity index (χ3n) is 2.18. The fraction of sp³-hybridized carbons (Fsp3) is 1.00. The highest BCUT2D eigenvalue weighted by Gasteiger charge is 2.40. The molecule has 0 aromatic carbocycles. The molecule has 0 spiro atoms. The summed E-state index contributed by atoms with van der Waals surface area (Å²) < 4.78 is 11.9. The van der Waals surface area contributed by atoms with Crippen molar-refractivity contribution in [2.45, 2.75) is 66.0 Å². The Morgan fingerprint density at radius 3 is 1.81 bits per heavy atom. The molecule has 0 aromatic heterocycles. The van der Waals surface area contributed by atoms with Crippen LogP contribution in [0.4, 0.5) is 0 Å². The lowest BCUT2D eigenvalue weighted by Crippen LogP contribution is -2.62. The average molecular weight is 247 g/mol. The summed E-state index contributed by atoms with van der Waals surface area (Å²) in [6, 6.07) is 1.03. The summed E-state index contributed by atoms with van der Waals surface area (Å²) in [7, 11) is -2.20. The van der Waals surface area contributed by atoms with Crippen molar-refractivity contribution in [3.8, 4) is 0 Å². The van der Waals surface area contributed by atoms with Crippen molar-refractivity contribution in [3.05, 3.63) is 0 Å². The van der Waals surface area contributed by atoms with Crippen LogP contribution in [0.15, 0.2) is 0 Å². The zero-order valence-electron chi connectivity index (χ0n) is 11.9. The highest BCUT2D eigenvalue weighted by atomic mass is 28.4. The van der Waals surface area contributed by atoms with Crippen LogP contribution in [-0.2, 0) is 8.85 Å². The molecule has 0 aliphatic rings. The number of hydrogen-bond donors (Lipinski definition) is 1.